The molecule has 2 rings (SSSR count). The number of alkyl halides is 3. The van der Waals surface area contributed by atoms with Crippen molar-refractivity contribution in [1.82, 2.24) is 0 Å². The molecule has 0 heterocycles. The third-order valence-corrected chi connectivity index (χ3v) is 3.79. The normalized spacial score (nSPS) is 11.8. The van der Waals surface area contributed by atoms with Crippen molar-refractivity contribution in [2.45, 2.75) is 5.51 Å². The van der Waals surface area contributed by atoms with Gasteiger partial charge in [0.2, 0.25) is 0 Å². The molecular weight excluding hydrogens is 349 g/mol. The number of benzene rings is 2. The molecule has 2 aromatic rings. The van der Waals surface area contributed by atoms with Crippen molar-refractivity contribution in [3.05, 3.63) is 54.1 Å². The highest BCUT2D eigenvalue weighted by Gasteiger charge is 2.48. The number of nitrogens with two attached hydrogens (primary N) is 1. The minimum Gasteiger partial charge on any atom is -0.397 e. The Labute approximate surface area is 135 Å². The maximum Gasteiger partial charge on any atom is 0.534 e. The Kier molecular flexibility index (Phi) is 4.69. The van der Waals surface area contributed by atoms with Gasteiger partial charge in [-0.3, -0.25) is 4.79 Å². The maximum absolute atomic E-state index is 12.4. The molecule has 0 fully saturated rings. The molecular formula is C14H11F3N2O4S. The Morgan fingerprint density at radius 2 is 1.62 bits per heavy atom. The van der Waals surface area contributed by atoms with Crippen LogP contribution in [0, 0.1) is 0 Å². The highest BCUT2D eigenvalue weighted by Crippen LogP contribution is 2.29. The summed E-state index contributed by atoms with van der Waals surface area (Å²) in [6.45, 7) is 0. The van der Waals surface area contributed by atoms with Crippen molar-refractivity contribution in [3.63, 3.8) is 0 Å². The molecule has 0 spiro atoms. The van der Waals surface area contributed by atoms with Crippen LogP contribution >= 0.6 is 0 Å². The van der Waals surface area contributed by atoms with Crippen molar-refractivity contribution in [3.8, 4) is 5.75 Å². The fourth-order valence-electron chi connectivity index (χ4n) is 1.69. The van der Waals surface area contributed by atoms with Gasteiger partial charge in [-0.05, 0) is 24.3 Å². The molecule has 0 saturated heterocycles. The number of hydrogen-bond donors (Lipinski definition) is 2. The van der Waals surface area contributed by atoms with Crippen LogP contribution in [0.3, 0.4) is 0 Å². The number of nitrogen functional groups attached to an aromatic ring is 1. The zero-order chi connectivity index (χ0) is 18.0. The number of rotatable bonds is 4. The summed E-state index contributed by atoms with van der Waals surface area (Å²) in [5.74, 6) is -1.62. The summed E-state index contributed by atoms with van der Waals surface area (Å²) in [4.78, 5) is 12.2. The molecule has 24 heavy (non-hydrogen) atoms. The van der Waals surface area contributed by atoms with Crippen LogP contribution in [0.4, 0.5) is 24.5 Å². The van der Waals surface area contributed by atoms with E-state index in [2.05, 4.69) is 9.50 Å². The fraction of sp³-hybridized carbons (Fsp3) is 0.0714. The minimum absolute atomic E-state index is 0.219. The van der Waals surface area contributed by atoms with Crippen molar-refractivity contribution in [1.29, 1.82) is 0 Å². The first-order valence-corrected chi connectivity index (χ1v) is 7.78. The number of carbonyl (C=O) groups excluding carboxylic acids is 1. The van der Waals surface area contributed by atoms with Crippen LogP contribution in [-0.2, 0) is 10.1 Å². The quantitative estimate of drug-likeness (QED) is 0.496. The number of nitrogens with one attached hydrogen (secondary N) is 1. The molecule has 2 aromatic carbocycles. The van der Waals surface area contributed by atoms with Crippen LogP contribution in [0.1, 0.15) is 10.4 Å². The molecule has 6 nitrogen and oxygen atoms in total. The highest BCUT2D eigenvalue weighted by molar-refractivity contribution is 7.88. The smallest absolute Gasteiger partial charge is 0.397 e. The van der Waals surface area contributed by atoms with Crippen molar-refractivity contribution in [2.24, 2.45) is 0 Å². The van der Waals surface area contributed by atoms with Crippen LogP contribution in [0.2, 0.25) is 0 Å². The number of halogens is 3. The average molecular weight is 360 g/mol. The van der Waals surface area contributed by atoms with Crippen LogP contribution in [0.25, 0.3) is 0 Å². The number of hydrogen-bond acceptors (Lipinski definition) is 5. The lowest BCUT2D eigenvalue weighted by Crippen LogP contribution is -2.29. The Hall–Kier alpha value is -2.75. The summed E-state index contributed by atoms with van der Waals surface area (Å²) >= 11 is 0. The summed E-state index contributed by atoms with van der Waals surface area (Å²) in [6, 6.07) is 10.8. The first-order valence-electron chi connectivity index (χ1n) is 6.37. The lowest BCUT2D eigenvalue weighted by molar-refractivity contribution is -0.0500. The number of amides is 1. The molecule has 0 bridgehead atoms. The van der Waals surface area contributed by atoms with Crippen LogP contribution in [-0.4, -0.2) is 19.8 Å². The van der Waals surface area contributed by atoms with Gasteiger partial charge < -0.3 is 15.2 Å². The van der Waals surface area contributed by atoms with E-state index >= 15 is 0 Å². The molecule has 0 aromatic heterocycles. The van der Waals surface area contributed by atoms with Gasteiger partial charge >= 0.3 is 15.6 Å². The van der Waals surface area contributed by atoms with E-state index in [1.807, 2.05) is 0 Å². The van der Waals surface area contributed by atoms with Crippen LogP contribution in [0.5, 0.6) is 5.75 Å². The number of carbonyl (C=O) groups is 1. The third-order valence-electron chi connectivity index (χ3n) is 2.82. The van der Waals surface area contributed by atoms with E-state index in [9.17, 15) is 26.4 Å². The Balaban J connectivity index is 2.32. The maximum atomic E-state index is 12.4. The number of anilines is 2. The molecule has 10 heteroatoms. The van der Waals surface area contributed by atoms with Gasteiger partial charge in [-0.1, -0.05) is 24.3 Å². The molecule has 0 aliphatic heterocycles. The summed E-state index contributed by atoms with van der Waals surface area (Å²) in [5, 5.41) is 2.37. The summed E-state index contributed by atoms with van der Waals surface area (Å²) in [7, 11) is -5.89. The zero-order valence-corrected chi connectivity index (χ0v) is 12.7. The van der Waals surface area contributed by atoms with E-state index in [-0.39, 0.29) is 11.4 Å². The van der Waals surface area contributed by atoms with Gasteiger partial charge in [0.25, 0.3) is 5.91 Å². The van der Waals surface area contributed by atoms with Crippen molar-refractivity contribution >= 4 is 27.4 Å². The van der Waals surface area contributed by atoms with E-state index in [1.54, 1.807) is 12.1 Å². The topological polar surface area (TPSA) is 98.5 Å². The van der Waals surface area contributed by atoms with Gasteiger partial charge in [0, 0.05) is 0 Å². The molecule has 0 saturated carbocycles. The van der Waals surface area contributed by atoms with Crippen molar-refractivity contribution in [2.75, 3.05) is 11.1 Å². The largest absolute Gasteiger partial charge is 0.534 e. The Morgan fingerprint density at radius 3 is 2.25 bits per heavy atom. The second-order valence-electron chi connectivity index (χ2n) is 4.52. The van der Waals surface area contributed by atoms with Gasteiger partial charge in [0.15, 0.2) is 5.75 Å². The average Bonchev–Trinajstić information content (AvgIpc) is 2.48. The molecule has 1 amide bonds. The summed E-state index contributed by atoms with van der Waals surface area (Å²) < 4.78 is 63.5. The minimum atomic E-state index is -5.89. The molecule has 128 valence electrons. The Morgan fingerprint density at radius 1 is 1.04 bits per heavy atom. The van der Waals surface area contributed by atoms with Gasteiger partial charge in [-0.25, -0.2) is 0 Å². The van der Waals surface area contributed by atoms with Gasteiger partial charge in [0.1, 0.15) is 0 Å². The van der Waals surface area contributed by atoms with Gasteiger partial charge in [-0.15, -0.1) is 0 Å². The fourth-order valence-corrected chi connectivity index (χ4v) is 2.17. The second kappa shape index (κ2) is 6.40. The molecule has 0 atom stereocenters. The zero-order valence-electron chi connectivity index (χ0n) is 11.9. The van der Waals surface area contributed by atoms with Gasteiger partial charge in [0.05, 0.1) is 16.9 Å². The summed E-state index contributed by atoms with van der Waals surface area (Å²) in [5.41, 5.74) is 0.0951. The lowest BCUT2D eigenvalue weighted by atomic mass is 10.2. The predicted molar refractivity (Wildman–Crippen MR) is 80.9 cm³/mol. The monoisotopic (exact) mass is 360 g/mol. The second-order valence-corrected chi connectivity index (χ2v) is 6.06. The van der Waals surface area contributed by atoms with Crippen LogP contribution in [0.15, 0.2) is 48.5 Å². The Bertz CT molecular complexity index is 866. The van der Waals surface area contributed by atoms with E-state index in [0.717, 1.165) is 12.1 Å². The van der Waals surface area contributed by atoms with E-state index in [1.165, 1.54) is 24.3 Å². The molecule has 0 aliphatic rings. The molecule has 0 unspecified atom stereocenters. The van der Waals surface area contributed by atoms with E-state index in [0.29, 0.717) is 0 Å². The first-order chi connectivity index (χ1) is 11.1. The summed E-state index contributed by atoms with van der Waals surface area (Å²) in [6.07, 6.45) is 0. The predicted octanol–water partition coefficient (Wildman–Crippen LogP) is 2.75. The third kappa shape index (κ3) is 3.77. The standard InChI is InChI=1S/C14H11F3N2O4S/c15-14(16,17)24(21,22)23-12-8-4-1-5-9(12)13(20)19-11-7-3-2-6-10(11)18/h1-8H,18H2,(H,19,20). The molecule has 0 radical (unpaired) electrons. The number of para-hydroxylation sites is 3. The van der Waals surface area contributed by atoms with E-state index < -0.39 is 32.8 Å². The van der Waals surface area contributed by atoms with E-state index in [4.69, 9.17) is 5.73 Å². The highest BCUT2D eigenvalue weighted by atomic mass is 32.2. The SMILES string of the molecule is Nc1ccccc1NC(=O)c1ccccc1OS(=O)(=O)C(F)(F)F. The van der Waals surface area contributed by atoms with Crippen molar-refractivity contribution < 1.29 is 30.6 Å². The first kappa shape index (κ1) is 17.6. The van der Waals surface area contributed by atoms with Gasteiger partial charge in [-0.2, -0.15) is 21.6 Å². The lowest BCUT2D eigenvalue weighted by Gasteiger charge is -2.13. The molecule has 3 N–H and O–H groups in total. The molecule has 0 aliphatic carbocycles. The van der Waals surface area contributed by atoms with Crippen LogP contribution < -0.4 is 15.2 Å².